The van der Waals surface area contributed by atoms with Crippen molar-refractivity contribution in [2.75, 3.05) is 37.7 Å². The summed E-state index contributed by atoms with van der Waals surface area (Å²) in [6.45, 7) is 7.50. The molecular formula is C22H32N2O2. The van der Waals surface area contributed by atoms with Gasteiger partial charge in [-0.25, -0.2) is 0 Å². The monoisotopic (exact) mass is 356 g/mol. The molecule has 0 saturated carbocycles. The second kappa shape index (κ2) is 8.10. The van der Waals surface area contributed by atoms with Gasteiger partial charge in [-0.3, -0.25) is 9.69 Å². The van der Waals surface area contributed by atoms with Crippen LogP contribution < -0.4 is 4.90 Å². The fourth-order valence-electron chi connectivity index (χ4n) is 4.93. The lowest BCUT2D eigenvalue weighted by atomic mass is 9.92. The molecule has 0 radical (unpaired) electrons. The molecule has 3 fully saturated rings. The van der Waals surface area contributed by atoms with Crippen LogP contribution in [0.5, 0.6) is 0 Å². The highest BCUT2D eigenvalue weighted by Gasteiger charge is 2.32. The fraction of sp³-hybridized carbons (Fsp3) is 0.682. The predicted octanol–water partition coefficient (Wildman–Crippen LogP) is 3.75. The van der Waals surface area contributed by atoms with Crippen molar-refractivity contribution >= 4 is 11.5 Å². The smallest absolute Gasteiger partial charge is 0.163 e. The van der Waals surface area contributed by atoms with Crippen molar-refractivity contribution in [1.82, 2.24) is 4.90 Å². The SMILES string of the molecule is C[C@H]1CCCN1[C@H]1CCN(c2ccc(C(=O)CC3CCOCC3)cc2)C1. The highest BCUT2D eigenvalue weighted by Crippen LogP contribution is 2.29. The normalized spacial score (nSPS) is 28.0. The molecule has 4 nitrogen and oxygen atoms in total. The molecule has 0 aromatic heterocycles. The van der Waals surface area contributed by atoms with E-state index in [9.17, 15) is 4.79 Å². The molecule has 3 heterocycles. The molecule has 1 aromatic rings. The predicted molar refractivity (Wildman–Crippen MR) is 105 cm³/mol. The molecule has 0 amide bonds. The van der Waals surface area contributed by atoms with Crippen LogP contribution in [0.4, 0.5) is 5.69 Å². The third-order valence-electron chi connectivity index (χ3n) is 6.61. The molecule has 4 rings (SSSR count). The first-order valence-electron chi connectivity index (χ1n) is 10.4. The maximum Gasteiger partial charge on any atom is 0.163 e. The van der Waals surface area contributed by atoms with Crippen molar-refractivity contribution < 1.29 is 9.53 Å². The van der Waals surface area contributed by atoms with E-state index in [0.29, 0.717) is 18.4 Å². The van der Waals surface area contributed by atoms with Crippen molar-refractivity contribution in [3.63, 3.8) is 0 Å². The quantitative estimate of drug-likeness (QED) is 0.752. The molecule has 0 bridgehead atoms. The van der Waals surface area contributed by atoms with E-state index in [-0.39, 0.29) is 5.78 Å². The van der Waals surface area contributed by atoms with Gasteiger partial charge in [0, 0.05) is 56.1 Å². The number of carbonyl (C=O) groups is 1. The summed E-state index contributed by atoms with van der Waals surface area (Å²) in [5, 5.41) is 0. The average Bonchev–Trinajstić information content (AvgIpc) is 3.31. The lowest BCUT2D eigenvalue weighted by Gasteiger charge is -2.28. The lowest BCUT2D eigenvalue weighted by Crippen LogP contribution is -2.39. The summed E-state index contributed by atoms with van der Waals surface area (Å²) in [6, 6.07) is 9.79. The topological polar surface area (TPSA) is 32.8 Å². The van der Waals surface area contributed by atoms with Crippen LogP contribution in [-0.4, -0.2) is 55.6 Å². The van der Waals surface area contributed by atoms with Gasteiger partial charge in [0.15, 0.2) is 5.78 Å². The lowest BCUT2D eigenvalue weighted by molar-refractivity contribution is 0.0601. The second-order valence-corrected chi connectivity index (χ2v) is 8.35. The van der Waals surface area contributed by atoms with E-state index in [2.05, 4.69) is 28.9 Å². The van der Waals surface area contributed by atoms with Gasteiger partial charge in [-0.05, 0) is 75.8 Å². The van der Waals surface area contributed by atoms with Crippen LogP contribution >= 0.6 is 0 Å². The molecule has 142 valence electrons. The van der Waals surface area contributed by atoms with Crippen molar-refractivity contribution in [2.45, 2.75) is 57.5 Å². The number of hydrogen-bond acceptors (Lipinski definition) is 4. The number of nitrogens with zero attached hydrogens (tertiary/aromatic N) is 2. The van der Waals surface area contributed by atoms with E-state index in [1.807, 2.05) is 12.1 Å². The first kappa shape index (κ1) is 18.0. The third kappa shape index (κ3) is 3.96. The summed E-state index contributed by atoms with van der Waals surface area (Å²) < 4.78 is 5.39. The minimum Gasteiger partial charge on any atom is -0.381 e. The van der Waals surface area contributed by atoms with E-state index < -0.39 is 0 Å². The standard InChI is InChI=1S/C22H32N2O2/c1-17-3-2-11-24(17)21-8-12-23(16-21)20-6-4-19(5-7-20)22(25)15-18-9-13-26-14-10-18/h4-7,17-18,21H,2-3,8-16H2,1H3/t17-,21-/m0/s1. The minimum atomic E-state index is 0.286. The molecular weight excluding hydrogens is 324 g/mol. The Bertz CT molecular complexity index is 609. The number of hydrogen-bond donors (Lipinski definition) is 0. The van der Waals surface area contributed by atoms with Gasteiger partial charge in [0.05, 0.1) is 0 Å². The van der Waals surface area contributed by atoms with Gasteiger partial charge >= 0.3 is 0 Å². The molecule has 0 aliphatic carbocycles. The Morgan fingerprint density at radius 3 is 2.54 bits per heavy atom. The largest absolute Gasteiger partial charge is 0.381 e. The number of rotatable bonds is 5. The van der Waals surface area contributed by atoms with E-state index >= 15 is 0 Å². The van der Waals surface area contributed by atoms with E-state index in [1.165, 1.54) is 31.5 Å². The molecule has 0 N–H and O–H groups in total. The van der Waals surface area contributed by atoms with Gasteiger partial charge in [-0.1, -0.05) is 0 Å². The summed E-state index contributed by atoms with van der Waals surface area (Å²) in [5.41, 5.74) is 2.13. The first-order valence-corrected chi connectivity index (χ1v) is 10.4. The zero-order valence-electron chi connectivity index (χ0n) is 16.0. The van der Waals surface area contributed by atoms with Crippen LogP contribution in [0.15, 0.2) is 24.3 Å². The van der Waals surface area contributed by atoms with Crippen molar-refractivity contribution in [3.05, 3.63) is 29.8 Å². The summed E-state index contributed by atoms with van der Waals surface area (Å²) in [5.74, 6) is 0.784. The molecule has 4 heteroatoms. The van der Waals surface area contributed by atoms with Gasteiger partial charge < -0.3 is 9.64 Å². The van der Waals surface area contributed by atoms with Gasteiger partial charge in [-0.15, -0.1) is 0 Å². The van der Waals surface area contributed by atoms with Crippen molar-refractivity contribution in [3.8, 4) is 0 Å². The zero-order chi connectivity index (χ0) is 17.9. The number of Topliss-reactive ketones (excluding diaryl/α,β-unsaturated/α-hetero) is 1. The van der Waals surface area contributed by atoms with Gasteiger partial charge in [0.25, 0.3) is 0 Å². The summed E-state index contributed by atoms with van der Waals surface area (Å²) in [7, 11) is 0. The number of ether oxygens (including phenoxy) is 1. The number of ketones is 1. The van der Waals surface area contributed by atoms with E-state index in [4.69, 9.17) is 4.74 Å². The van der Waals surface area contributed by atoms with Crippen LogP contribution in [0.2, 0.25) is 0 Å². The van der Waals surface area contributed by atoms with Gasteiger partial charge in [0.2, 0.25) is 0 Å². The molecule has 3 aliphatic heterocycles. The molecule has 26 heavy (non-hydrogen) atoms. The van der Waals surface area contributed by atoms with Gasteiger partial charge in [-0.2, -0.15) is 0 Å². The molecule has 3 aliphatic rings. The van der Waals surface area contributed by atoms with Crippen LogP contribution in [0.1, 0.15) is 55.8 Å². The highest BCUT2D eigenvalue weighted by atomic mass is 16.5. The number of likely N-dealkylation sites (tertiary alicyclic amines) is 1. The average molecular weight is 357 g/mol. The van der Waals surface area contributed by atoms with Crippen LogP contribution in [0.25, 0.3) is 0 Å². The Balaban J connectivity index is 1.33. The van der Waals surface area contributed by atoms with E-state index in [0.717, 1.165) is 50.8 Å². The Labute approximate surface area is 157 Å². The third-order valence-corrected chi connectivity index (χ3v) is 6.61. The number of anilines is 1. The van der Waals surface area contributed by atoms with Crippen LogP contribution in [0, 0.1) is 5.92 Å². The summed E-state index contributed by atoms with van der Waals surface area (Å²) in [6.07, 6.45) is 6.67. The Kier molecular flexibility index (Phi) is 5.60. The van der Waals surface area contributed by atoms with Crippen molar-refractivity contribution in [2.24, 2.45) is 5.92 Å². The number of benzene rings is 1. The first-order chi connectivity index (χ1) is 12.7. The number of carbonyl (C=O) groups excluding carboxylic acids is 1. The molecule has 0 spiro atoms. The second-order valence-electron chi connectivity index (χ2n) is 8.35. The molecule has 0 unspecified atom stereocenters. The molecule has 1 aromatic carbocycles. The van der Waals surface area contributed by atoms with Crippen LogP contribution in [-0.2, 0) is 4.74 Å². The van der Waals surface area contributed by atoms with E-state index in [1.54, 1.807) is 0 Å². The van der Waals surface area contributed by atoms with Crippen molar-refractivity contribution in [1.29, 1.82) is 0 Å². The molecule has 2 atom stereocenters. The fourth-order valence-corrected chi connectivity index (χ4v) is 4.93. The summed E-state index contributed by atoms with van der Waals surface area (Å²) in [4.78, 5) is 17.7. The summed E-state index contributed by atoms with van der Waals surface area (Å²) >= 11 is 0. The van der Waals surface area contributed by atoms with Crippen LogP contribution in [0.3, 0.4) is 0 Å². The maximum atomic E-state index is 12.5. The Morgan fingerprint density at radius 2 is 1.85 bits per heavy atom. The Morgan fingerprint density at radius 1 is 1.08 bits per heavy atom. The highest BCUT2D eigenvalue weighted by molar-refractivity contribution is 5.96. The molecule has 3 saturated heterocycles. The Hall–Kier alpha value is -1.39. The maximum absolute atomic E-state index is 12.5. The zero-order valence-corrected chi connectivity index (χ0v) is 16.0. The minimum absolute atomic E-state index is 0.286. The van der Waals surface area contributed by atoms with Gasteiger partial charge in [0.1, 0.15) is 0 Å².